The first-order valence-electron chi connectivity index (χ1n) is 5.77. The fourth-order valence-electron chi connectivity index (χ4n) is 2.18. The maximum absolute atomic E-state index is 4.20. The highest BCUT2D eigenvalue weighted by Gasteiger charge is 2.50. The van der Waals surface area contributed by atoms with Gasteiger partial charge in [0.1, 0.15) is 0 Å². The molecule has 2 nitrogen and oxygen atoms in total. The highest BCUT2D eigenvalue weighted by Crippen LogP contribution is 2.53. The molecule has 1 aromatic rings. The molecule has 1 saturated carbocycles. The SMILES string of the molecule is CC(C)NCC1CC1(C)c1cccnc1. The van der Waals surface area contributed by atoms with Crippen LogP contribution < -0.4 is 5.32 Å². The minimum atomic E-state index is 0.371. The Kier molecular flexibility index (Phi) is 2.79. The maximum atomic E-state index is 4.20. The van der Waals surface area contributed by atoms with E-state index in [4.69, 9.17) is 0 Å². The van der Waals surface area contributed by atoms with Crippen LogP contribution in [0.5, 0.6) is 0 Å². The third-order valence-electron chi connectivity index (χ3n) is 3.50. The molecule has 2 heteroatoms. The maximum Gasteiger partial charge on any atom is 0.0305 e. The van der Waals surface area contributed by atoms with E-state index in [-0.39, 0.29) is 0 Å². The zero-order chi connectivity index (χ0) is 10.9. The Morgan fingerprint density at radius 2 is 2.40 bits per heavy atom. The van der Waals surface area contributed by atoms with Crippen molar-refractivity contribution in [2.75, 3.05) is 6.54 Å². The van der Waals surface area contributed by atoms with Crippen LogP contribution in [0.2, 0.25) is 0 Å². The molecule has 1 aliphatic rings. The number of hydrogen-bond donors (Lipinski definition) is 1. The van der Waals surface area contributed by atoms with Crippen LogP contribution in [-0.4, -0.2) is 17.6 Å². The van der Waals surface area contributed by atoms with Crippen LogP contribution in [-0.2, 0) is 5.41 Å². The monoisotopic (exact) mass is 204 g/mol. The zero-order valence-corrected chi connectivity index (χ0v) is 9.83. The number of nitrogens with zero attached hydrogens (tertiary/aromatic N) is 1. The summed E-state index contributed by atoms with van der Waals surface area (Å²) >= 11 is 0. The molecule has 0 aromatic carbocycles. The van der Waals surface area contributed by atoms with Crippen molar-refractivity contribution in [2.45, 2.75) is 38.6 Å². The Morgan fingerprint density at radius 3 is 3.00 bits per heavy atom. The minimum absolute atomic E-state index is 0.371. The molecule has 2 atom stereocenters. The summed E-state index contributed by atoms with van der Waals surface area (Å²) in [6.45, 7) is 7.87. The van der Waals surface area contributed by atoms with E-state index >= 15 is 0 Å². The zero-order valence-electron chi connectivity index (χ0n) is 9.83. The van der Waals surface area contributed by atoms with Crippen LogP contribution in [0.25, 0.3) is 0 Å². The Bertz CT molecular complexity index is 321. The van der Waals surface area contributed by atoms with Crippen molar-refractivity contribution in [1.82, 2.24) is 10.3 Å². The molecule has 0 bridgehead atoms. The molecule has 1 aromatic heterocycles. The Labute approximate surface area is 92.1 Å². The standard InChI is InChI=1S/C13H20N2/c1-10(2)15-9-12-7-13(12,3)11-5-4-6-14-8-11/h4-6,8,10,12,15H,7,9H2,1-3H3. The van der Waals surface area contributed by atoms with Gasteiger partial charge < -0.3 is 5.32 Å². The van der Waals surface area contributed by atoms with Crippen molar-refractivity contribution in [2.24, 2.45) is 5.92 Å². The van der Waals surface area contributed by atoms with E-state index in [0.717, 1.165) is 12.5 Å². The summed E-state index contributed by atoms with van der Waals surface area (Å²) in [7, 11) is 0. The highest BCUT2D eigenvalue weighted by atomic mass is 14.9. The van der Waals surface area contributed by atoms with Crippen molar-refractivity contribution >= 4 is 0 Å². The number of nitrogens with one attached hydrogen (secondary N) is 1. The second kappa shape index (κ2) is 3.93. The molecule has 1 heterocycles. The van der Waals surface area contributed by atoms with Gasteiger partial charge in [0.2, 0.25) is 0 Å². The smallest absolute Gasteiger partial charge is 0.0305 e. The second-order valence-corrected chi connectivity index (χ2v) is 5.12. The fraction of sp³-hybridized carbons (Fsp3) is 0.615. The topological polar surface area (TPSA) is 24.9 Å². The van der Waals surface area contributed by atoms with Crippen LogP contribution in [0.4, 0.5) is 0 Å². The van der Waals surface area contributed by atoms with Gasteiger partial charge >= 0.3 is 0 Å². The normalized spacial score (nSPS) is 29.5. The Morgan fingerprint density at radius 1 is 1.60 bits per heavy atom. The van der Waals surface area contributed by atoms with Gasteiger partial charge in [-0.2, -0.15) is 0 Å². The molecule has 0 spiro atoms. The lowest BCUT2D eigenvalue weighted by Gasteiger charge is -2.13. The lowest BCUT2D eigenvalue weighted by Crippen LogP contribution is -2.26. The highest BCUT2D eigenvalue weighted by molar-refractivity contribution is 5.30. The molecule has 0 saturated heterocycles. The van der Waals surface area contributed by atoms with E-state index < -0.39 is 0 Å². The summed E-state index contributed by atoms with van der Waals surface area (Å²) in [6.07, 6.45) is 5.14. The third-order valence-corrected chi connectivity index (χ3v) is 3.50. The summed E-state index contributed by atoms with van der Waals surface area (Å²) < 4.78 is 0. The van der Waals surface area contributed by atoms with Gasteiger partial charge in [-0.25, -0.2) is 0 Å². The molecule has 1 fully saturated rings. The van der Waals surface area contributed by atoms with Gasteiger partial charge in [-0.1, -0.05) is 26.8 Å². The number of hydrogen-bond acceptors (Lipinski definition) is 2. The minimum Gasteiger partial charge on any atom is -0.314 e. The van der Waals surface area contributed by atoms with Gasteiger partial charge in [-0.3, -0.25) is 4.98 Å². The third kappa shape index (κ3) is 2.20. The fourth-order valence-corrected chi connectivity index (χ4v) is 2.18. The van der Waals surface area contributed by atoms with Gasteiger partial charge in [0.25, 0.3) is 0 Å². The summed E-state index contributed by atoms with van der Waals surface area (Å²) in [5, 5.41) is 3.51. The number of pyridine rings is 1. The summed E-state index contributed by atoms with van der Waals surface area (Å²) in [6, 6.07) is 4.82. The van der Waals surface area contributed by atoms with Gasteiger partial charge in [-0.05, 0) is 35.9 Å². The van der Waals surface area contributed by atoms with Crippen molar-refractivity contribution < 1.29 is 0 Å². The summed E-state index contributed by atoms with van der Waals surface area (Å²) in [5.74, 6) is 0.782. The predicted octanol–water partition coefficient (Wildman–Crippen LogP) is 2.36. The first-order chi connectivity index (χ1) is 7.13. The van der Waals surface area contributed by atoms with E-state index in [0.29, 0.717) is 11.5 Å². The van der Waals surface area contributed by atoms with E-state index in [2.05, 4.69) is 37.1 Å². The van der Waals surface area contributed by atoms with E-state index in [9.17, 15) is 0 Å². The van der Waals surface area contributed by atoms with E-state index in [1.165, 1.54) is 12.0 Å². The predicted molar refractivity (Wildman–Crippen MR) is 62.8 cm³/mol. The van der Waals surface area contributed by atoms with Crippen LogP contribution in [0, 0.1) is 5.92 Å². The second-order valence-electron chi connectivity index (χ2n) is 5.12. The van der Waals surface area contributed by atoms with Crippen molar-refractivity contribution in [1.29, 1.82) is 0 Å². The number of rotatable bonds is 4. The van der Waals surface area contributed by atoms with Crippen LogP contribution in [0.15, 0.2) is 24.5 Å². The molecule has 0 aliphatic heterocycles. The first-order valence-corrected chi connectivity index (χ1v) is 5.77. The van der Waals surface area contributed by atoms with E-state index in [1.54, 1.807) is 0 Å². The Balaban J connectivity index is 1.95. The number of aromatic nitrogens is 1. The average Bonchev–Trinajstić information content (AvgIpc) is 2.90. The summed E-state index contributed by atoms with van der Waals surface area (Å²) in [5.41, 5.74) is 1.76. The molecule has 2 rings (SSSR count). The quantitative estimate of drug-likeness (QED) is 0.814. The van der Waals surface area contributed by atoms with Gasteiger partial charge in [0.05, 0.1) is 0 Å². The van der Waals surface area contributed by atoms with Gasteiger partial charge in [0.15, 0.2) is 0 Å². The molecule has 1 aliphatic carbocycles. The lowest BCUT2D eigenvalue weighted by molar-refractivity contribution is 0.528. The Hall–Kier alpha value is -0.890. The molecule has 2 unspecified atom stereocenters. The van der Waals surface area contributed by atoms with E-state index in [1.807, 2.05) is 18.5 Å². The average molecular weight is 204 g/mol. The molecule has 0 amide bonds. The molecule has 82 valence electrons. The van der Waals surface area contributed by atoms with Crippen molar-refractivity contribution in [3.05, 3.63) is 30.1 Å². The van der Waals surface area contributed by atoms with Crippen molar-refractivity contribution in [3.8, 4) is 0 Å². The molecular formula is C13H20N2. The largest absolute Gasteiger partial charge is 0.314 e. The van der Waals surface area contributed by atoms with Gasteiger partial charge in [0, 0.05) is 18.4 Å². The lowest BCUT2D eigenvalue weighted by atomic mass is 9.97. The van der Waals surface area contributed by atoms with Crippen LogP contribution in [0.1, 0.15) is 32.8 Å². The summed E-state index contributed by atoms with van der Waals surface area (Å²) in [4.78, 5) is 4.20. The van der Waals surface area contributed by atoms with Crippen molar-refractivity contribution in [3.63, 3.8) is 0 Å². The van der Waals surface area contributed by atoms with Gasteiger partial charge in [-0.15, -0.1) is 0 Å². The molecule has 0 radical (unpaired) electrons. The molecular weight excluding hydrogens is 184 g/mol. The first kappa shape index (κ1) is 10.6. The molecule has 1 N–H and O–H groups in total. The van der Waals surface area contributed by atoms with Crippen LogP contribution in [0.3, 0.4) is 0 Å². The molecule has 15 heavy (non-hydrogen) atoms. The van der Waals surface area contributed by atoms with Crippen LogP contribution >= 0.6 is 0 Å².